The van der Waals surface area contributed by atoms with Gasteiger partial charge in [0.2, 0.25) is 11.8 Å². The number of piperidine rings is 1. The fourth-order valence-corrected chi connectivity index (χ4v) is 4.74. The third-order valence-electron chi connectivity index (χ3n) is 6.79. The van der Waals surface area contributed by atoms with Crippen LogP contribution in [0.15, 0.2) is 46.9 Å². The van der Waals surface area contributed by atoms with E-state index in [1.54, 1.807) is 6.92 Å². The second-order valence-corrected chi connectivity index (χ2v) is 10.9. The Bertz CT molecular complexity index is 1200. The normalized spacial score (nSPS) is 17.1. The number of nitrogens with zero attached hydrogens (tertiary/aromatic N) is 3. The third-order valence-corrected chi connectivity index (χ3v) is 6.79. The summed E-state index contributed by atoms with van der Waals surface area (Å²) in [6, 6.07) is 14.6. The number of hydrogen-bond acceptors (Lipinski definition) is 6. The lowest BCUT2D eigenvalue weighted by Crippen LogP contribution is -2.51. The lowest BCUT2D eigenvalue weighted by atomic mass is 9.82. The average molecular weight is 476 g/mol. The van der Waals surface area contributed by atoms with Gasteiger partial charge < -0.3 is 18.8 Å². The van der Waals surface area contributed by atoms with Crippen molar-refractivity contribution < 1.29 is 18.7 Å². The van der Waals surface area contributed by atoms with E-state index in [0.29, 0.717) is 31.5 Å². The Kier molecular flexibility index (Phi) is 6.03. The van der Waals surface area contributed by atoms with E-state index in [1.807, 2.05) is 17.0 Å². The molecule has 1 amide bonds. The molecule has 1 fully saturated rings. The second kappa shape index (κ2) is 9.02. The highest BCUT2D eigenvalue weighted by Gasteiger charge is 2.41. The molecule has 3 aromatic rings. The summed E-state index contributed by atoms with van der Waals surface area (Å²) in [5.41, 5.74) is 4.21. The van der Waals surface area contributed by atoms with Crippen LogP contribution in [0.1, 0.15) is 51.5 Å². The fourth-order valence-electron chi connectivity index (χ4n) is 4.74. The van der Waals surface area contributed by atoms with Crippen molar-refractivity contribution in [3.05, 3.63) is 53.9 Å². The summed E-state index contributed by atoms with van der Waals surface area (Å²) in [4.78, 5) is 14.3. The van der Waals surface area contributed by atoms with Crippen LogP contribution in [-0.2, 0) is 11.2 Å². The molecular formula is C28H33N3O4. The summed E-state index contributed by atoms with van der Waals surface area (Å²) in [7, 11) is 0. The van der Waals surface area contributed by atoms with Crippen LogP contribution in [0, 0.1) is 12.3 Å². The standard InChI is InChI=1S/C28H33N3O4/c1-19-29-30-25(34-19)21-7-5-20(6-8-21)22-9-10-24-23(17-22)11-12-28(35-24)13-15-31(16-14-28)26(32)33-18-27(2,3)4/h5-10,17H,11-16,18H2,1-4H3. The van der Waals surface area contributed by atoms with E-state index in [4.69, 9.17) is 13.9 Å². The number of ether oxygens (including phenoxy) is 2. The number of aromatic nitrogens is 2. The largest absolute Gasteiger partial charge is 0.487 e. The topological polar surface area (TPSA) is 77.7 Å². The average Bonchev–Trinajstić information content (AvgIpc) is 3.29. The molecule has 0 aliphatic carbocycles. The van der Waals surface area contributed by atoms with Crippen molar-refractivity contribution >= 4 is 6.09 Å². The van der Waals surface area contributed by atoms with Gasteiger partial charge in [0.1, 0.15) is 11.4 Å². The van der Waals surface area contributed by atoms with Gasteiger partial charge >= 0.3 is 6.09 Å². The van der Waals surface area contributed by atoms with E-state index < -0.39 is 0 Å². The zero-order valence-corrected chi connectivity index (χ0v) is 21.0. The minimum atomic E-state index is -0.212. The van der Waals surface area contributed by atoms with Crippen LogP contribution < -0.4 is 4.74 Å². The summed E-state index contributed by atoms with van der Waals surface area (Å²) < 4.78 is 17.6. The molecule has 2 aromatic carbocycles. The van der Waals surface area contributed by atoms with E-state index in [1.165, 1.54) is 5.56 Å². The van der Waals surface area contributed by atoms with Crippen molar-refractivity contribution in [1.82, 2.24) is 15.1 Å². The molecule has 0 radical (unpaired) electrons. The summed E-state index contributed by atoms with van der Waals surface area (Å²) in [5.74, 6) is 2.05. The molecule has 1 aromatic heterocycles. The minimum Gasteiger partial charge on any atom is -0.487 e. The van der Waals surface area contributed by atoms with Gasteiger partial charge in [-0.3, -0.25) is 0 Å². The van der Waals surface area contributed by atoms with Crippen molar-refractivity contribution in [3.8, 4) is 28.3 Å². The molecular weight excluding hydrogens is 442 g/mol. The first kappa shape index (κ1) is 23.4. The van der Waals surface area contributed by atoms with Crippen LogP contribution in [0.5, 0.6) is 5.75 Å². The highest BCUT2D eigenvalue weighted by Crippen LogP contribution is 2.41. The van der Waals surface area contributed by atoms with Gasteiger partial charge in [-0.05, 0) is 59.2 Å². The number of likely N-dealkylation sites (tertiary alicyclic amines) is 1. The van der Waals surface area contributed by atoms with Crippen molar-refractivity contribution in [2.75, 3.05) is 19.7 Å². The molecule has 0 unspecified atom stereocenters. The number of benzene rings is 2. The summed E-state index contributed by atoms with van der Waals surface area (Å²) >= 11 is 0. The van der Waals surface area contributed by atoms with Crippen LogP contribution in [0.3, 0.4) is 0 Å². The van der Waals surface area contributed by atoms with E-state index >= 15 is 0 Å². The lowest BCUT2D eigenvalue weighted by Gasteiger charge is -2.44. The van der Waals surface area contributed by atoms with Gasteiger partial charge in [0, 0.05) is 38.4 Å². The lowest BCUT2D eigenvalue weighted by molar-refractivity contribution is -0.0171. The first-order valence-corrected chi connectivity index (χ1v) is 12.3. The maximum absolute atomic E-state index is 12.4. The van der Waals surface area contributed by atoms with Crippen molar-refractivity contribution in [2.24, 2.45) is 5.41 Å². The summed E-state index contributed by atoms with van der Waals surface area (Å²) in [6.07, 6.45) is 3.38. The summed E-state index contributed by atoms with van der Waals surface area (Å²) in [5, 5.41) is 7.99. The van der Waals surface area contributed by atoms with Gasteiger partial charge in [-0.15, -0.1) is 10.2 Å². The number of amides is 1. The number of hydrogen-bond donors (Lipinski definition) is 0. The Morgan fingerprint density at radius 1 is 1.00 bits per heavy atom. The highest BCUT2D eigenvalue weighted by atomic mass is 16.6. The van der Waals surface area contributed by atoms with Crippen LogP contribution in [0.4, 0.5) is 4.79 Å². The van der Waals surface area contributed by atoms with Gasteiger partial charge in [-0.1, -0.05) is 39.0 Å². The number of fused-ring (bicyclic) bond motifs is 1. The van der Waals surface area contributed by atoms with E-state index in [2.05, 4.69) is 61.3 Å². The van der Waals surface area contributed by atoms with Gasteiger partial charge in [0.25, 0.3) is 0 Å². The molecule has 0 N–H and O–H groups in total. The molecule has 5 rings (SSSR count). The van der Waals surface area contributed by atoms with Gasteiger partial charge in [0.05, 0.1) is 6.61 Å². The van der Waals surface area contributed by atoms with E-state index in [-0.39, 0.29) is 17.1 Å². The maximum Gasteiger partial charge on any atom is 0.409 e. The first-order valence-electron chi connectivity index (χ1n) is 12.3. The van der Waals surface area contributed by atoms with Crippen LogP contribution in [0.2, 0.25) is 0 Å². The molecule has 7 heteroatoms. The zero-order chi connectivity index (χ0) is 24.6. The van der Waals surface area contributed by atoms with Crippen LogP contribution in [0.25, 0.3) is 22.6 Å². The SMILES string of the molecule is Cc1nnc(-c2ccc(-c3ccc4c(c3)CCC3(CCN(C(=O)OCC(C)(C)C)CC3)O4)cc2)o1. The quantitative estimate of drug-likeness (QED) is 0.459. The molecule has 35 heavy (non-hydrogen) atoms. The van der Waals surface area contributed by atoms with Crippen molar-refractivity contribution in [3.63, 3.8) is 0 Å². The number of aryl methyl sites for hydroxylation is 2. The van der Waals surface area contributed by atoms with Crippen molar-refractivity contribution in [1.29, 1.82) is 0 Å². The predicted octanol–water partition coefficient (Wildman–Crippen LogP) is 6.05. The molecule has 0 atom stereocenters. The Hall–Kier alpha value is -3.35. The van der Waals surface area contributed by atoms with Crippen LogP contribution >= 0.6 is 0 Å². The summed E-state index contributed by atoms with van der Waals surface area (Å²) in [6.45, 7) is 9.75. The molecule has 2 aliphatic heterocycles. The molecule has 1 saturated heterocycles. The molecule has 7 nitrogen and oxygen atoms in total. The Labute approximate surface area is 206 Å². The molecule has 2 aliphatic rings. The highest BCUT2D eigenvalue weighted by molar-refractivity contribution is 5.69. The van der Waals surface area contributed by atoms with E-state index in [9.17, 15) is 4.79 Å². The number of carbonyl (C=O) groups is 1. The smallest absolute Gasteiger partial charge is 0.409 e. The monoisotopic (exact) mass is 475 g/mol. The third kappa shape index (κ3) is 5.19. The second-order valence-electron chi connectivity index (χ2n) is 10.9. The molecule has 0 bridgehead atoms. The zero-order valence-electron chi connectivity index (χ0n) is 21.0. The first-order chi connectivity index (χ1) is 16.7. The maximum atomic E-state index is 12.4. The van der Waals surface area contributed by atoms with Crippen LogP contribution in [-0.4, -0.2) is 46.5 Å². The Morgan fingerprint density at radius 3 is 2.34 bits per heavy atom. The molecule has 1 spiro atoms. The minimum absolute atomic E-state index is 0.0308. The Balaban J connectivity index is 1.22. The Morgan fingerprint density at radius 2 is 1.69 bits per heavy atom. The van der Waals surface area contributed by atoms with Crippen molar-refractivity contribution in [2.45, 2.75) is 59.0 Å². The molecule has 3 heterocycles. The number of carbonyl (C=O) groups excluding carboxylic acids is 1. The molecule has 184 valence electrons. The fraction of sp³-hybridized carbons (Fsp3) is 0.464. The van der Waals surface area contributed by atoms with Gasteiger partial charge in [0.15, 0.2) is 0 Å². The van der Waals surface area contributed by atoms with E-state index in [0.717, 1.165) is 48.1 Å². The predicted molar refractivity (Wildman–Crippen MR) is 133 cm³/mol. The molecule has 0 saturated carbocycles. The number of rotatable bonds is 3. The van der Waals surface area contributed by atoms with Gasteiger partial charge in [-0.25, -0.2) is 4.79 Å². The van der Waals surface area contributed by atoms with Gasteiger partial charge in [-0.2, -0.15) is 0 Å².